The van der Waals surface area contributed by atoms with E-state index in [0.717, 1.165) is 49.8 Å². The fourth-order valence-corrected chi connectivity index (χ4v) is 6.63. The second-order valence-corrected chi connectivity index (χ2v) is 12.5. The first-order chi connectivity index (χ1) is 21.9. The van der Waals surface area contributed by atoms with Crippen LogP contribution in [0.15, 0.2) is 104 Å². The Labute approximate surface area is 267 Å². The maximum absolute atomic E-state index is 14.5. The summed E-state index contributed by atoms with van der Waals surface area (Å²) in [6.45, 7) is 5.33. The van der Waals surface area contributed by atoms with Gasteiger partial charge in [0.2, 0.25) is 11.8 Å². The molecule has 2 amide bonds. The van der Waals surface area contributed by atoms with Crippen molar-refractivity contribution in [1.82, 2.24) is 24.8 Å². The summed E-state index contributed by atoms with van der Waals surface area (Å²) in [4.78, 5) is 46.0. The first-order valence-corrected chi connectivity index (χ1v) is 15.9. The highest BCUT2D eigenvalue weighted by molar-refractivity contribution is 7.12. The fraction of sp³-hybridized carbons (Fsp3) is 0.216. The van der Waals surface area contributed by atoms with Gasteiger partial charge in [0.25, 0.3) is 0 Å². The van der Waals surface area contributed by atoms with Crippen LogP contribution < -0.4 is 0 Å². The highest BCUT2D eigenvalue weighted by Gasteiger charge is 2.34. The van der Waals surface area contributed by atoms with E-state index in [2.05, 4.69) is 27.1 Å². The molecule has 0 N–H and O–H groups in total. The third-order valence-electron chi connectivity index (χ3n) is 8.18. The minimum atomic E-state index is -0.693. The largest absolute Gasteiger partial charge is 0.336 e. The lowest BCUT2D eigenvalue weighted by Gasteiger charge is -2.37. The van der Waals surface area contributed by atoms with Crippen molar-refractivity contribution in [2.45, 2.75) is 45.8 Å². The van der Waals surface area contributed by atoms with E-state index in [1.54, 1.807) is 34.7 Å². The molecule has 3 aromatic carbocycles. The van der Waals surface area contributed by atoms with Crippen molar-refractivity contribution in [2.24, 2.45) is 0 Å². The minimum absolute atomic E-state index is 0.0435. The minimum Gasteiger partial charge on any atom is -0.336 e. The zero-order chi connectivity index (χ0) is 31.2. The van der Waals surface area contributed by atoms with E-state index in [1.807, 2.05) is 91.6 Å². The first kappa shape index (κ1) is 30.1. The molecule has 7 nitrogen and oxygen atoms in total. The molecule has 45 heavy (non-hydrogen) atoms. The third-order valence-corrected chi connectivity index (χ3v) is 9.21. The van der Waals surface area contributed by atoms with Crippen LogP contribution >= 0.6 is 11.3 Å². The Balaban J connectivity index is 1.35. The molecule has 0 saturated carbocycles. The Hall–Kier alpha value is -4.95. The molecule has 6 rings (SSSR count). The number of hydrogen-bond donors (Lipinski definition) is 0. The predicted molar refractivity (Wildman–Crippen MR) is 178 cm³/mol. The van der Waals surface area contributed by atoms with Gasteiger partial charge in [0.15, 0.2) is 0 Å². The summed E-state index contributed by atoms with van der Waals surface area (Å²) in [6.07, 6.45) is 9.68. The van der Waals surface area contributed by atoms with Gasteiger partial charge in [0.05, 0.1) is 15.6 Å². The molecule has 1 aliphatic heterocycles. The average Bonchev–Trinajstić information content (AvgIpc) is 3.41. The maximum atomic E-state index is 14.5. The first-order valence-electron chi connectivity index (χ1n) is 15.1. The Kier molecular flexibility index (Phi) is 9.22. The Morgan fingerprint density at radius 2 is 1.60 bits per heavy atom. The highest BCUT2D eigenvalue weighted by atomic mass is 32.1. The van der Waals surface area contributed by atoms with E-state index in [4.69, 9.17) is 0 Å². The normalized spacial score (nSPS) is 13.4. The van der Waals surface area contributed by atoms with Crippen LogP contribution in [0.1, 0.15) is 37.8 Å². The van der Waals surface area contributed by atoms with Gasteiger partial charge in [-0.2, -0.15) is 0 Å². The summed E-state index contributed by atoms with van der Waals surface area (Å²) >= 11 is 1.55. The molecule has 1 aliphatic rings. The van der Waals surface area contributed by atoms with Crippen molar-refractivity contribution < 1.29 is 9.59 Å². The number of aryl methyl sites for hydroxylation is 2. The van der Waals surface area contributed by atoms with E-state index < -0.39 is 6.04 Å². The lowest BCUT2D eigenvalue weighted by molar-refractivity contribution is -0.144. The van der Waals surface area contributed by atoms with Crippen molar-refractivity contribution in [3.63, 3.8) is 0 Å². The summed E-state index contributed by atoms with van der Waals surface area (Å²) < 4.78 is 0. The number of thiazole rings is 1. The molecule has 0 bridgehead atoms. The molecule has 0 aliphatic carbocycles. The molecule has 8 heteroatoms. The molecule has 0 spiro atoms. The predicted octanol–water partition coefficient (Wildman–Crippen LogP) is 6.46. The van der Waals surface area contributed by atoms with Crippen LogP contribution in [0.4, 0.5) is 0 Å². The van der Waals surface area contributed by atoms with Crippen LogP contribution in [0.3, 0.4) is 0 Å². The fourth-order valence-electron chi connectivity index (χ4n) is 5.80. The maximum Gasteiger partial charge on any atom is 0.247 e. The number of carbonyl (C=O) groups is 2. The van der Waals surface area contributed by atoms with E-state index >= 15 is 0 Å². The van der Waals surface area contributed by atoms with Crippen molar-refractivity contribution in [3.05, 3.63) is 141 Å². The molecule has 0 unspecified atom stereocenters. The van der Waals surface area contributed by atoms with Crippen LogP contribution in [-0.2, 0) is 35.5 Å². The molecule has 0 radical (unpaired) electrons. The topological polar surface area (TPSA) is 79.3 Å². The monoisotopic (exact) mass is 613 g/mol. The van der Waals surface area contributed by atoms with Crippen molar-refractivity contribution in [2.75, 3.05) is 6.54 Å². The van der Waals surface area contributed by atoms with Gasteiger partial charge in [-0.3, -0.25) is 9.59 Å². The molecule has 5 aromatic rings. The molecule has 226 valence electrons. The van der Waals surface area contributed by atoms with E-state index in [0.29, 0.717) is 19.5 Å². The summed E-state index contributed by atoms with van der Waals surface area (Å²) in [7, 11) is 0. The van der Waals surface area contributed by atoms with Crippen molar-refractivity contribution >= 4 is 29.2 Å². The van der Waals surface area contributed by atoms with Gasteiger partial charge in [0.1, 0.15) is 12.4 Å². The summed E-state index contributed by atoms with van der Waals surface area (Å²) in [5, 5.41) is 0.947. The van der Waals surface area contributed by atoms with Gasteiger partial charge in [-0.05, 0) is 54.2 Å². The molecule has 0 fully saturated rings. The quantitative estimate of drug-likeness (QED) is 0.179. The number of benzene rings is 3. The van der Waals surface area contributed by atoms with Gasteiger partial charge in [-0.25, -0.2) is 15.0 Å². The highest BCUT2D eigenvalue weighted by Crippen LogP contribution is 2.25. The summed E-state index contributed by atoms with van der Waals surface area (Å²) in [5.74, 6) is -0.259. The number of nitrogens with zero attached hydrogens (tertiary/aromatic N) is 5. The van der Waals surface area contributed by atoms with Gasteiger partial charge in [-0.1, -0.05) is 78.9 Å². The lowest BCUT2D eigenvalue weighted by atomic mass is 9.97. The number of hydrogen-bond acceptors (Lipinski definition) is 6. The van der Waals surface area contributed by atoms with E-state index in [1.165, 1.54) is 11.9 Å². The van der Waals surface area contributed by atoms with Crippen LogP contribution in [-0.4, -0.2) is 49.2 Å². The third kappa shape index (κ3) is 7.24. The lowest BCUT2D eigenvalue weighted by Crippen LogP contribution is -2.52. The smallest absolute Gasteiger partial charge is 0.247 e. The van der Waals surface area contributed by atoms with Gasteiger partial charge in [-0.15, -0.1) is 11.3 Å². The average molecular weight is 614 g/mol. The standard InChI is InChI=1S/C37H35N5O2S/c1-26-35(45-27(2)40-26)16-17-36(43)42(23-29-12-14-31(15-13-29)33-21-38-25-39-22-33)34(20-28-8-4-3-5-9-28)37(44)41-19-18-30-10-6-7-11-32(30)24-41/h3-17,21-22,25,34H,18-20,23-24H2,1-2H3/t34-/m0/s1. The summed E-state index contributed by atoms with van der Waals surface area (Å²) in [6, 6.07) is 25.6. The summed E-state index contributed by atoms with van der Waals surface area (Å²) in [5.41, 5.74) is 7.15. The van der Waals surface area contributed by atoms with Crippen LogP contribution in [0.5, 0.6) is 0 Å². The van der Waals surface area contributed by atoms with Gasteiger partial charge >= 0.3 is 0 Å². The Morgan fingerprint density at radius 1 is 0.889 bits per heavy atom. The van der Waals surface area contributed by atoms with Gasteiger partial charge < -0.3 is 9.80 Å². The molecule has 3 heterocycles. The number of aromatic nitrogens is 3. The van der Waals surface area contributed by atoms with Crippen LogP contribution in [0.25, 0.3) is 17.2 Å². The molecule has 1 atom stereocenters. The second-order valence-electron chi connectivity index (χ2n) is 11.3. The Morgan fingerprint density at radius 3 is 2.31 bits per heavy atom. The SMILES string of the molecule is Cc1nc(C)c(C=CC(=O)N(Cc2ccc(-c3cncnc3)cc2)[C@@H](Cc2ccccc2)C(=O)N2CCc3ccccc3C2)s1. The molecular weight excluding hydrogens is 579 g/mol. The zero-order valence-electron chi connectivity index (χ0n) is 25.5. The number of amides is 2. The van der Waals surface area contributed by atoms with E-state index in [-0.39, 0.29) is 18.4 Å². The van der Waals surface area contributed by atoms with Crippen LogP contribution in [0.2, 0.25) is 0 Å². The molecule has 2 aromatic heterocycles. The second kappa shape index (κ2) is 13.8. The Bertz CT molecular complexity index is 1800. The number of rotatable bonds is 9. The molecule has 0 saturated heterocycles. The van der Waals surface area contributed by atoms with Gasteiger partial charge in [0, 0.05) is 50.1 Å². The number of carbonyl (C=O) groups excluding carboxylic acids is 2. The van der Waals surface area contributed by atoms with Crippen LogP contribution in [0, 0.1) is 13.8 Å². The zero-order valence-corrected chi connectivity index (χ0v) is 26.3. The van der Waals surface area contributed by atoms with E-state index in [9.17, 15) is 9.59 Å². The number of fused-ring (bicyclic) bond motifs is 1. The van der Waals surface area contributed by atoms with Crippen molar-refractivity contribution in [1.29, 1.82) is 0 Å². The van der Waals surface area contributed by atoms with Crippen molar-refractivity contribution in [3.8, 4) is 11.1 Å². The molecular formula is C37H35N5O2S.